The van der Waals surface area contributed by atoms with E-state index in [0.29, 0.717) is 12.8 Å². The van der Waals surface area contributed by atoms with Crippen molar-refractivity contribution >= 4 is 13.7 Å². The number of carbonyl (C=O) groups is 1. The third-order valence-corrected chi connectivity index (χ3v) is 13.6. The third kappa shape index (κ3) is 47.4. The van der Waals surface area contributed by atoms with Gasteiger partial charge in [-0.15, -0.1) is 0 Å². The second-order valence-corrected chi connectivity index (χ2v) is 20.4. The molecule has 0 saturated heterocycles. The lowest BCUT2D eigenvalue weighted by molar-refractivity contribution is -0.125. The normalized spacial score (nSPS) is 14.4. The molecule has 6 N–H and O–H groups in total. The summed E-state index contributed by atoms with van der Waals surface area (Å²) in [5.74, 6) is -0.417. The summed E-state index contributed by atoms with van der Waals surface area (Å²) < 4.78 is 22.3. The number of nitrogens with two attached hydrogens (primary N) is 1. The molecule has 4 atom stereocenters. The van der Waals surface area contributed by atoms with Gasteiger partial charge >= 0.3 is 7.82 Å². The van der Waals surface area contributed by atoms with Crippen LogP contribution in [0.2, 0.25) is 0 Å². The van der Waals surface area contributed by atoms with Crippen LogP contribution in [0.3, 0.4) is 0 Å². The molecular weight excluding hydrogens is 820 g/mol. The fraction of sp³-hybridized carbons (Fsp3) is 0.907. The maximum atomic E-state index is 12.9. The average molecular weight is 927 g/mol. The number of hydrogen-bond acceptors (Lipinski definition) is 7. The van der Waals surface area contributed by atoms with Crippen molar-refractivity contribution in [2.75, 3.05) is 19.8 Å². The van der Waals surface area contributed by atoms with Gasteiger partial charge in [0.05, 0.1) is 37.9 Å². The number of carbonyl (C=O) groups excluding carboxylic acids is 1. The first-order valence-corrected chi connectivity index (χ1v) is 29.0. The quantitative estimate of drug-likeness (QED) is 0.0230. The number of rotatable bonds is 52. The van der Waals surface area contributed by atoms with Crippen LogP contribution >= 0.6 is 7.82 Å². The molecule has 64 heavy (non-hydrogen) atoms. The first kappa shape index (κ1) is 62.9. The van der Waals surface area contributed by atoms with E-state index in [9.17, 15) is 24.5 Å². The van der Waals surface area contributed by atoms with Crippen LogP contribution < -0.4 is 11.1 Å². The van der Waals surface area contributed by atoms with E-state index in [2.05, 4.69) is 43.5 Å². The molecule has 0 aromatic carbocycles. The van der Waals surface area contributed by atoms with Crippen LogP contribution in [-0.2, 0) is 18.4 Å². The maximum Gasteiger partial charge on any atom is 0.472 e. The molecule has 0 saturated carbocycles. The summed E-state index contributed by atoms with van der Waals surface area (Å²) in [4.78, 5) is 22.9. The Hall–Kier alpha value is -1.06. The summed E-state index contributed by atoms with van der Waals surface area (Å²) in [6.07, 6.45) is 56.6. The Bertz CT molecular complexity index is 1080. The van der Waals surface area contributed by atoms with Crippen LogP contribution in [0.15, 0.2) is 24.3 Å². The Labute approximate surface area is 396 Å². The SMILES string of the molecule is CCCCCCCCCCC/C=C\C/C=C\CCCCCCCC(O)CC(=O)NC(COP(=O)(O)OCCN)C(O)CCCCCCCCCCCCCCCCCCCCCCC. The highest BCUT2D eigenvalue weighted by Crippen LogP contribution is 2.43. The van der Waals surface area contributed by atoms with Gasteiger partial charge in [0.1, 0.15) is 0 Å². The highest BCUT2D eigenvalue weighted by Gasteiger charge is 2.28. The van der Waals surface area contributed by atoms with Crippen molar-refractivity contribution in [3.8, 4) is 0 Å². The molecule has 0 aliphatic heterocycles. The van der Waals surface area contributed by atoms with Crippen molar-refractivity contribution < 1.29 is 33.5 Å². The van der Waals surface area contributed by atoms with E-state index in [-0.39, 0.29) is 26.2 Å². The molecule has 4 unspecified atom stereocenters. The summed E-state index contributed by atoms with van der Waals surface area (Å²) in [5.41, 5.74) is 5.40. The minimum atomic E-state index is -4.39. The van der Waals surface area contributed by atoms with E-state index in [1.54, 1.807) is 0 Å². The Kier molecular flexibility index (Phi) is 49.0. The molecule has 0 spiro atoms. The van der Waals surface area contributed by atoms with E-state index in [4.69, 9.17) is 14.8 Å². The van der Waals surface area contributed by atoms with Crippen molar-refractivity contribution in [1.82, 2.24) is 5.32 Å². The molecule has 0 aliphatic rings. The second-order valence-electron chi connectivity index (χ2n) is 19.0. The molecule has 0 bridgehead atoms. The largest absolute Gasteiger partial charge is 0.472 e. The number of hydrogen-bond donors (Lipinski definition) is 5. The molecule has 0 heterocycles. The molecular formula is C54H107N2O7P. The summed E-state index contributed by atoms with van der Waals surface area (Å²) in [7, 11) is -4.39. The van der Waals surface area contributed by atoms with Crippen molar-refractivity contribution in [2.24, 2.45) is 5.73 Å². The van der Waals surface area contributed by atoms with Crippen LogP contribution in [0.4, 0.5) is 0 Å². The lowest BCUT2D eigenvalue weighted by atomic mass is 10.0. The minimum absolute atomic E-state index is 0.0585. The van der Waals surface area contributed by atoms with Crippen molar-refractivity contribution in [2.45, 2.75) is 295 Å². The molecule has 0 aliphatic carbocycles. The molecule has 0 radical (unpaired) electrons. The molecule has 0 aromatic heterocycles. The number of allylic oxidation sites excluding steroid dienone is 4. The zero-order valence-corrected chi connectivity index (χ0v) is 43.0. The first-order valence-electron chi connectivity index (χ1n) is 27.5. The highest BCUT2D eigenvalue weighted by molar-refractivity contribution is 7.47. The van der Waals surface area contributed by atoms with Crippen molar-refractivity contribution in [3.63, 3.8) is 0 Å². The van der Waals surface area contributed by atoms with E-state index in [0.717, 1.165) is 64.2 Å². The number of aliphatic hydroxyl groups is 2. The summed E-state index contributed by atoms with van der Waals surface area (Å²) in [6.45, 7) is 4.08. The van der Waals surface area contributed by atoms with Gasteiger partial charge in [-0.1, -0.05) is 250 Å². The minimum Gasteiger partial charge on any atom is -0.393 e. The van der Waals surface area contributed by atoms with Crippen LogP contribution in [0, 0.1) is 0 Å². The van der Waals surface area contributed by atoms with Crippen LogP contribution in [0.1, 0.15) is 277 Å². The van der Waals surface area contributed by atoms with Crippen LogP contribution in [-0.4, -0.2) is 59.0 Å². The second kappa shape index (κ2) is 49.8. The standard InChI is InChI=1S/C54H107N2O7P/c1-3-5-7-9-11-13-15-17-19-21-23-25-27-29-31-33-35-37-39-41-43-45-51(57)49-54(59)56-52(50-63-64(60,61)62-48-47-55)53(58)46-44-42-40-38-36-34-32-30-28-26-24-22-20-18-16-14-12-10-8-6-4-2/h23,25,29,31,51-53,57-58H,3-22,24,26-28,30,32-50,55H2,1-2H3,(H,56,59)(H,60,61)/b25-23-,31-29-. The topological polar surface area (TPSA) is 151 Å². The summed E-state index contributed by atoms with van der Waals surface area (Å²) in [6, 6.07) is -0.902. The number of aliphatic hydroxyl groups excluding tert-OH is 2. The number of phosphoric acid groups is 1. The molecule has 10 heteroatoms. The zero-order chi connectivity index (χ0) is 46.9. The molecule has 380 valence electrons. The van der Waals surface area contributed by atoms with Gasteiger partial charge in [-0.3, -0.25) is 13.8 Å². The fourth-order valence-corrected chi connectivity index (χ4v) is 9.21. The van der Waals surface area contributed by atoms with Gasteiger partial charge in [0.25, 0.3) is 0 Å². The van der Waals surface area contributed by atoms with Gasteiger partial charge in [0, 0.05) is 6.54 Å². The predicted octanol–water partition coefficient (Wildman–Crippen LogP) is 15.4. The van der Waals surface area contributed by atoms with Gasteiger partial charge in [0.2, 0.25) is 5.91 Å². The van der Waals surface area contributed by atoms with Gasteiger partial charge in [-0.25, -0.2) is 4.57 Å². The average Bonchev–Trinajstić information content (AvgIpc) is 3.28. The summed E-state index contributed by atoms with van der Waals surface area (Å²) in [5, 5.41) is 24.4. The number of amides is 1. The van der Waals surface area contributed by atoms with Crippen LogP contribution in [0.5, 0.6) is 0 Å². The maximum absolute atomic E-state index is 12.9. The van der Waals surface area contributed by atoms with Crippen molar-refractivity contribution in [3.05, 3.63) is 24.3 Å². The predicted molar refractivity (Wildman–Crippen MR) is 274 cm³/mol. The number of unbranched alkanes of at least 4 members (excludes halogenated alkanes) is 34. The first-order chi connectivity index (χ1) is 31.3. The molecule has 1 amide bonds. The van der Waals surface area contributed by atoms with Gasteiger partial charge in [-0.05, 0) is 44.9 Å². The Balaban J connectivity index is 4.12. The van der Waals surface area contributed by atoms with Gasteiger partial charge in [-0.2, -0.15) is 0 Å². The summed E-state index contributed by atoms with van der Waals surface area (Å²) >= 11 is 0. The van der Waals surface area contributed by atoms with E-state index >= 15 is 0 Å². The number of phosphoric ester groups is 1. The van der Waals surface area contributed by atoms with Gasteiger partial charge < -0.3 is 26.2 Å². The smallest absolute Gasteiger partial charge is 0.393 e. The third-order valence-electron chi connectivity index (χ3n) is 12.6. The lowest BCUT2D eigenvalue weighted by Gasteiger charge is -2.25. The molecule has 0 fully saturated rings. The number of nitrogens with one attached hydrogen (secondary N) is 1. The molecule has 0 rings (SSSR count). The molecule has 9 nitrogen and oxygen atoms in total. The lowest BCUT2D eigenvalue weighted by Crippen LogP contribution is -2.47. The fourth-order valence-electron chi connectivity index (χ4n) is 8.45. The monoisotopic (exact) mass is 927 g/mol. The molecule has 0 aromatic rings. The van der Waals surface area contributed by atoms with E-state index < -0.39 is 32.0 Å². The zero-order valence-electron chi connectivity index (χ0n) is 42.2. The Morgan fingerprint density at radius 1 is 0.531 bits per heavy atom. The van der Waals surface area contributed by atoms with Crippen molar-refractivity contribution in [1.29, 1.82) is 0 Å². The van der Waals surface area contributed by atoms with Crippen LogP contribution in [0.25, 0.3) is 0 Å². The Morgan fingerprint density at radius 2 is 0.891 bits per heavy atom. The van der Waals surface area contributed by atoms with Gasteiger partial charge in [0.15, 0.2) is 0 Å². The van der Waals surface area contributed by atoms with E-state index in [1.807, 2.05) is 0 Å². The van der Waals surface area contributed by atoms with E-state index in [1.165, 1.54) is 180 Å². The highest BCUT2D eigenvalue weighted by atomic mass is 31.2. The Morgan fingerprint density at radius 3 is 1.28 bits per heavy atom.